The highest BCUT2D eigenvalue weighted by Crippen LogP contribution is 2.46. The maximum Gasteiger partial charge on any atom is 0.737 e. The van der Waals surface area contributed by atoms with E-state index in [0.29, 0.717) is 25.8 Å². The molecular weight excluding hydrogens is 426 g/mol. The maximum absolute atomic E-state index is 16.0. The number of methoxy groups -OCH3 is 1. The van der Waals surface area contributed by atoms with Crippen molar-refractivity contribution in [2.24, 2.45) is 0 Å². The number of ether oxygens (including phenoxy) is 1. The molecule has 162 valence electrons. The Morgan fingerprint density at radius 2 is 1.47 bits per heavy atom. The van der Waals surface area contributed by atoms with E-state index < -0.39 is 30.1 Å². The van der Waals surface area contributed by atoms with E-state index >= 15 is 8.63 Å². The second kappa shape index (κ2) is 6.95. The standard InChI is InChI=1S/C23H16BF5N2O/c1-32-17-9-7-16(8-10-17)19-12-14-21-22(23(25,26)27)20-13-11-18(15-5-3-2-4-6-15)30(20)24(28,29)31(19)21/h2-14H,1H3. The van der Waals surface area contributed by atoms with Crippen molar-refractivity contribution in [3.63, 3.8) is 0 Å². The van der Waals surface area contributed by atoms with E-state index in [1.54, 1.807) is 54.6 Å². The van der Waals surface area contributed by atoms with Crippen LogP contribution in [0, 0.1) is 0 Å². The number of alkyl halides is 3. The molecule has 0 amide bonds. The summed E-state index contributed by atoms with van der Waals surface area (Å²) in [6.45, 7) is -4.62. The summed E-state index contributed by atoms with van der Waals surface area (Å²) in [6.07, 6.45) is -2.40. The van der Waals surface area contributed by atoms with Crippen molar-refractivity contribution >= 4 is 18.3 Å². The molecule has 0 saturated heterocycles. The molecule has 2 aliphatic heterocycles. The summed E-state index contributed by atoms with van der Waals surface area (Å²) in [4.78, 5) is 0. The lowest BCUT2D eigenvalue weighted by Gasteiger charge is -2.34. The Bertz CT molecular complexity index is 1300. The van der Waals surface area contributed by atoms with E-state index in [-0.39, 0.29) is 11.4 Å². The average Bonchev–Trinajstić information content (AvgIpc) is 3.40. The third-order valence-electron chi connectivity index (χ3n) is 5.71. The van der Waals surface area contributed by atoms with Crippen LogP contribution in [0.25, 0.3) is 16.8 Å². The predicted octanol–water partition coefficient (Wildman–Crippen LogP) is 5.75. The lowest BCUT2D eigenvalue weighted by molar-refractivity contribution is -0.362. The summed E-state index contributed by atoms with van der Waals surface area (Å²) in [7, 11) is 1.47. The second-order valence-electron chi connectivity index (χ2n) is 7.50. The molecule has 2 aliphatic rings. The van der Waals surface area contributed by atoms with Gasteiger partial charge >= 0.3 is 13.1 Å². The molecule has 0 aliphatic carbocycles. The minimum Gasteiger partial charge on any atom is -0.497 e. The molecule has 0 unspecified atom stereocenters. The van der Waals surface area contributed by atoms with Gasteiger partial charge < -0.3 is 22.3 Å². The van der Waals surface area contributed by atoms with Crippen LogP contribution in [-0.4, -0.2) is 34.9 Å². The first-order chi connectivity index (χ1) is 15.2. The Morgan fingerprint density at radius 3 is 2.09 bits per heavy atom. The molecule has 0 spiro atoms. The van der Waals surface area contributed by atoms with E-state index in [1.807, 2.05) is 0 Å². The molecule has 2 aromatic carbocycles. The Labute approximate surface area is 180 Å². The summed E-state index contributed by atoms with van der Waals surface area (Å²) in [5.41, 5.74) is -1.42. The van der Waals surface area contributed by atoms with Crippen LogP contribution in [0.2, 0.25) is 0 Å². The van der Waals surface area contributed by atoms with Crippen LogP contribution in [0.15, 0.2) is 84.6 Å². The number of benzene rings is 2. The zero-order valence-electron chi connectivity index (χ0n) is 16.8. The number of fused-ring (bicyclic) bond motifs is 2. The Balaban J connectivity index is 1.81. The minimum atomic E-state index is -4.83. The zero-order chi connectivity index (χ0) is 22.7. The highest BCUT2D eigenvalue weighted by atomic mass is 19.4. The average molecular weight is 442 g/mol. The Hall–Kier alpha value is -3.62. The molecule has 0 fully saturated rings. The largest absolute Gasteiger partial charge is 0.737 e. The van der Waals surface area contributed by atoms with Gasteiger partial charge in [0.15, 0.2) is 11.4 Å². The zero-order valence-corrected chi connectivity index (χ0v) is 16.8. The highest BCUT2D eigenvalue weighted by Gasteiger charge is 2.58. The van der Waals surface area contributed by atoms with Gasteiger partial charge in [-0.1, -0.05) is 18.2 Å². The van der Waals surface area contributed by atoms with Gasteiger partial charge in [0.25, 0.3) is 0 Å². The number of rotatable bonds is 3. The van der Waals surface area contributed by atoms with Crippen molar-refractivity contribution in [1.29, 1.82) is 0 Å². The third kappa shape index (κ3) is 2.91. The smallest absolute Gasteiger partial charge is 0.497 e. The van der Waals surface area contributed by atoms with Crippen molar-refractivity contribution < 1.29 is 31.0 Å². The molecule has 0 bridgehead atoms. The molecule has 1 aromatic heterocycles. The maximum atomic E-state index is 16.0. The first-order valence-corrected chi connectivity index (χ1v) is 9.83. The van der Waals surface area contributed by atoms with Gasteiger partial charge in [0.1, 0.15) is 11.3 Å². The van der Waals surface area contributed by atoms with Gasteiger partial charge in [-0.3, -0.25) is 0 Å². The van der Waals surface area contributed by atoms with E-state index in [4.69, 9.17) is 4.74 Å². The third-order valence-corrected chi connectivity index (χ3v) is 5.71. The molecule has 0 atom stereocenters. The fraction of sp³-hybridized carbons (Fsp3) is 0.0870. The summed E-state index contributed by atoms with van der Waals surface area (Å²) in [5.74, 6) is 0.512. The topological polar surface area (TPSA) is 17.2 Å². The predicted molar refractivity (Wildman–Crippen MR) is 113 cm³/mol. The van der Waals surface area contributed by atoms with E-state index in [1.165, 1.54) is 19.3 Å². The molecule has 32 heavy (non-hydrogen) atoms. The summed E-state index contributed by atoms with van der Waals surface area (Å²) >= 11 is 0. The number of halogens is 5. The number of nitrogens with zero attached hydrogens (tertiary/aromatic N) is 2. The Morgan fingerprint density at radius 1 is 0.812 bits per heavy atom. The van der Waals surface area contributed by atoms with Crippen LogP contribution in [0.4, 0.5) is 21.8 Å². The van der Waals surface area contributed by atoms with Gasteiger partial charge in [-0.05, 0) is 54.1 Å². The van der Waals surface area contributed by atoms with Gasteiger partial charge in [0.2, 0.25) is 0 Å². The van der Waals surface area contributed by atoms with Crippen LogP contribution in [0.1, 0.15) is 11.3 Å². The monoisotopic (exact) mass is 442 g/mol. The van der Waals surface area contributed by atoms with Gasteiger partial charge in [0.05, 0.1) is 7.11 Å². The van der Waals surface area contributed by atoms with Crippen molar-refractivity contribution in [3.05, 3.63) is 95.8 Å². The normalized spacial score (nSPS) is 16.9. The Kier molecular flexibility index (Phi) is 4.41. The lowest BCUT2D eigenvalue weighted by Crippen LogP contribution is -2.52. The SMILES string of the molecule is COc1ccc(-c2ccc3n2[B-](F)(F)[N+]2=C(c4ccccc4)C=CC2=C3C(F)(F)F)cc1. The first kappa shape index (κ1) is 20.3. The summed E-state index contributed by atoms with van der Waals surface area (Å²) in [6, 6.07) is 16.9. The van der Waals surface area contributed by atoms with Crippen LogP contribution < -0.4 is 4.74 Å². The number of allylic oxidation sites excluding steroid dienone is 3. The summed E-state index contributed by atoms with van der Waals surface area (Å²) < 4.78 is 80.7. The van der Waals surface area contributed by atoms with Crippen molar-refractivity contribution in [2.45, 2.75) is 6.18 Å². The van der Waals surface area contributed by atoms with Crippen molar-refractivity contribution in [1.82, 2.24) is 4.48 Å². The molecule has 5 rings (SSSR count). The molecule has 0 N–H and O–H groups in total. The molecule has 3 aromatic rings. The molecular formula is C23H16BF5N2O. The lowest BCUT2D eigenvalue weighted by atomic mass is 9.86. The minimum absolute atomic E-state index is 0.00670. The van der Waals surface area contributed by atoms with Crippen molar-refractivity contribution in [3.8, 4) is 17.0 Å². The van der Waals surface area contributed by atoms with Crippen LogP contribution in [0.3, 0.4) is 0 Å². The molecule has 0 saturated carbocycles. The molecule has 3 heterocycles. The van der Waals surface area contributed by atoms with Gasteiger partial charge in [-0.25, -0.2) is 0 Å². The fourth-order valence-corrected chi connectivity index (χ4v) is 4.35. The number of aromatic nitrogens is 1. The summed E-state index contributed by atoms with van der Waals surface area (Å²) in [5, 5.41) is 0. The van der Waals surface area contributed by atoms with E-state index in [2.05, 4.69) is 0 Å². The van der Waals surface area contributed by atoms with Crippen LogP contribution in [-0.2, 0) is 0 Å². The molecule has 9 heteroatoms. The second-order valence-corrected chi connectivity index (χ2v) is 7.50. The van der Waals surface area contributed by atoms with E-state index in [0.717, 1.165) is 12.1 Å². The van der Waals surface area contributed by atoms with Crippen LogP contribution >= 0.6 is 0 Å². The number of hydrogen-bond donors (Lipinski definition) is 0. The molecule has 3 nitrogen and oxygen atoms in total. The van der Waals surface area contributed by atoms with E-state index in [9.17, 15) is 13.2 Å². The van der Waals surface area contributed by atoms with Crippen LogP contribution in [0.5, 0.6) is 5.75 Å². The number of hydrogen-bond acceptors (Lipinski definition) is 1. The fourth-order valence-electron chi connectivity index (χ4n) is 4.35. The highest BCUT2D eigenvalue weighted by molar-refractivity contribution is 6.59. The quantitative estimate of drug-likeness (QED) is 0.373. The van der Waals surface area contributed by atoms with Crippen molar-refractivity contribution in [2.75, 3.05) is 7.11 Å². The molecule has 0 radical (unpaired) electrons. The first-order valence-electron chi connectivity index (χ1n) is 9.83. The van der Waals surface area contributed by atoms with Gasteiger partial charge in [0, 0.05) is 29.1 Å². The van der Waals surface area contributed by atoms with Gasteiger partial charge in [-0.2, -0.15) is 13.2 Å². The van der Waals surface area contributed by atoms with Gasteiger partial charge in [-0.15, -0.1) is 0 Å².